The fourth-order valence-corrected chi connectivity index (χ4v) is 0.559. The molecule has 50 valence electrons. The van der Waals surface area contributed by atoms with E-state index in [2.05, 4.69) is 0 Å². The Labute approximate surface area is 50.7 Å². The van der Waals surface area contributed by atoms with E-state index in [4.69, 9.17) is 10.8 Å². The SMILES string of the molecule is CCC(O)[C@@H](C)CN. The zero-order valence-electron chi connectivity index (χ0n) is 5.59. The van der Waals surface area contributed by atoms with Crippen molar-refractivity contribution in [3.63, 3.8) is 0 Å². The van der Waals surface area contributed by atoms with Gasteiger partial charge in [-0.1, -0.05) is 13.8 Å². The first-order chi connectivity index (χ1) is 3.72. The summed E-state index contributed by atoms with van der Waals surface area (Å²) < 4.78 is 0. The summed E-state index contributed by atoms with van der Waals surface area (Å²) in [5, 5.41) is 9.05. The van der Waals surface area contributed by atoms with Crippen LogP contribution in [0.2, 0.25) is 0 Å². The molecular formula is C6H15NO. The van der Waals surface area contributed by atoms with E-state index in [-0.39, 0.29) is 12.0 Å². The van der Waals surface area contributed by atoms with Crippen LogP contribution in [0.4, 0.5) is 0 Å². The molecule has 8 heavy (non-hydrogen) atoms. The fourth-order valence-electron chi connectivity index (χ4n) is 0.559. The molecule has 0 amide bonds. The smallest absolute Gasteiger partial charge is 0.0575 e. The second-order valence-electron chi connectivity index (χ2n) is 2.19. The van der Waals surface area contributed by atoms with E-state index in [1.807, 2.05) is 13.8 Å². The predicted octanol–water partition coefficient (Wildman–Crippen LogP) is 0.352. The molecule has 0 heterocycles. The average Bonchev–Trinajstić information content (AvgIpc) is 1.84. The van der Waals surface area contributed by atoms with Crippen LogP contribution in [0.1, 0.15) is 20.3 Å². The summed E-state index contributed by atoms with van der Waals surface area (Å²) in [6, 6.07) is 0. The number of aliphatic hydroxyl groups excluding tert-OH is 1. The van der Waals surface area contributed by atoms with Crippen molar-refractivity contribution in [2.45, 2.75) is 26.4 Å². The van der Waals surface area contributed by atoms with E-state index in [0.717, 1.165) is 6.42 Å². The lowest BCUT2D eigenvalue weighted by Gasteiger charge is -2.13. The van der Waals surface area contributed by atoms with Gasteiger partial charge in [-0.25, -0.2) is 0 Å². The Hall–Kier alpha value is -0.0800. The molecule has 0 radical (unpaired) electrons. The van der Waals surface area contributed by atoms with Crippen LogP contribution >= 0.6 is 0 Å². The first kappa shape index (κ1) is 7.92. The summed E-state index contributed by atoms with van der Waals surface area (Å²) in [4.78, 5) is 0. The van der Waals surface area contributed by atoms with E-state index in [0.29, 0.717) is 6.54 Å². The Morgan fingerprint density at radius 3 is 2.25 bits per heavy atom. The Morgan fingerprint density at radius 2 is 2.12 bits per heavy atom. The number of hydrogen-bond acceptors (Lipinski definition) is 2. The van der Waals surface area contributed by atoms with Gasteiger partial charge in [0.05, 0.1) is 6.10 Å². The molecule has 0 aliphatic heterocycles. The number of hydrogen-bond donors (Lipinski definition) is 2. The molecule has 0 saturated heterocycles. The van der Waals surface area contributed by atoms with Gasteiger partial charge in [0.1, 0.15) is 0 Å². The molecule has 0 fully saturated rings. The molecular weight excluding hydrogens is 102 g/mol. The Bertz CT molecular complexity index is 48.5. The van der Waals surface area contributed by atoms with Crippen molar-refractivity contribution in [2.75, 3.05) is 6.54 Å². The summed E-state index contributed by atoms with van der Waals surface area (Å²) in [6.07, 6.45) is 0.596. The molecule has 0 rings (SSSR count). The van der Waals surface area contributed by atoms with Crippen LogP contribution in [-0.2, 0) is 0 Å². The van der Waals surface area contributed by atoms with Crippen LogP contribution in [0.5, 0.6) is 0 Å². The second kappa shape index (κ2) is 3.87. The largest absolute Gasteiger partial charge is 0.393 e. The molecule has 2 nitrogen and oxygen atoms in total. The van der Waals surface area contributed by atoms with E-state index >= 15 is 0 Å². The first-order valence-electron chi connectivity index (χ1n) is 3.10. The van der Waals surface area contributed by atoms with E-state index in [1.165, 1.54) is 0 Å². The highest BCUT2D eigenvalue weighted by atomic mass is 16.3. The maximum Gasteiger partial charge on any atom is 0.0575 e. The van der Waals surface area contributed by atoms with Gasteiger partial charge >= 0.3 is 0 Å². The van der Waals surface area contributed by atoms with Gasteiger partial charge in [-0.3, -0.25) is 0 Å². The van der Waals surface area contributed by atoms with Crippen LogP contribution in [0.25, 0.3) is 0 Å². The maximum absolute atomic E-state index is 9.05. The summed E-state index contributed by atoms with van der Waals surface area (Å²) in [6.45, 7) is 4.49. The van der Waals surface area contributed by atoms with Crippen molar-refractivity contribution in [1.29, 1.82) is 0 Å². The van der Waals surface area contributed by atoms with Gasteiger partial charge in [0, 0.05) is 0 Å². The van der Waals surface area contributed by atoms with E-state index in [1.54, 1.807) is 0 Å². The highest BCUT2D eigenvalue weighted by Crippen LogP contribution is 2.02. The molecule has 2 atom stereocenters. The van der Waals surface area contributed by atoms with Crippen LogP contribution in [0.15, 0.2) is 0 Å². The third-order valence-electron chi connectivity index (χ3n) is 1.45. The molecule has 0 saturated carbocycles. The summed E-state index contributed by atoms with van der Waals surface area (Å²) in [5.41, 5.74) is 5.29. The van der Waals surface area contributed by atoms with Crippen molar-refractivity contribution in [2.24, 2.45) is 11.7 Å². The minimum Gasteiger partial charge on any atom is -0.393 e. The van der Waals surface area contributed by atoms with Crippen LogP contribution < -0.4 is 5.73 Å². The monoisotopic (exact) mass is 117 g/mol. The van der Waals surface area contributed by atoms with Crippen LogP contribution in [0, 0.1) is 5.92 Å². The predicted molar refractivity (Wildman–Crippen MR) is 34.5 cm³/mol. The van der Waals surface area contributed by atoms with Crippen LogP contribution in [-0.4, -0.2) is 17.8 Å². The Morgan fingerprint density at radius 1 is 1.62 bits per heavy atom. The number of aliphatic hydroxyl groups is 1. The molecule has 0 bridgehead atoms. The first-order valence-corrected chi connectivity index (χ1v) is 3.10. The molecule has 0 aromatic rings. The van der Waals surface area contributed by atoms with Gasteiger partial charge < -0.3 is 10.8 Å². The number of nitrogens with two attached hydrogens (primary N) is 1. The van der Waals surface area contributed by atoms with Gasteiger partial charge in [0.25, 0.3) is 0 Å². The van der Waals surface area contributed by atoms with Crippen molar-refractivity contribution in [3.8, 4) is 0 Å². The molecule has 3 N–H and O–H groups in total. The van der Waals surface area contributed by atoms with Crippen molar-refractivity contribution in [1.82, 2.24) is 0 Å². The van der Waals surface area contributed by atoms with Crippen molar-refractivity contribution in [3.05, 3.63) is 0 Å². The van der Waals surface area contributed by atoms with E-state index < -0.39 is 0 Å². The lowest BCUT2D eigenvalue weighted by molar-refractivity contribution is 0.116. The topological polar surface area (TPSA) is 46.2 Å². The fraction of sp³-hybridized carbons (Fsp3) is 1.00. The molecule has 0 aliphatic rings. The molecule has 1 unspecified atom stereocenters. The van der Waals surface area contributed by atoms with E-state index in [9.17, 15) is 0 Å². The van der Waals surface area contributed by atoms with Gasteiger partial charge in [-0.05, 0) is 18.9 Å². The molecule has 0 aromatic carbocycles. The zero-order valence-corrected chi connectivity index (χ0v) is 5.59. The summed E-state index contributed by atoms with van der Waals surface area (Å²) >= 11 is 0. The summed E-state index contributed by atoms with van der Waals surface area (Å²) in [7, 11) is 0. The molecule has 0 aromatic heterocycles. The Kier molecular flexibility index (Phi) is 3.83. The standard InChI is InChI=1S/C6H15NO/c1-3-6(8)5(2)4-7/h5-6,8H,3-4,7H2,1-2H3/t5-,6?/m0/s1. The minimum absolute atomic E-state index is 0.208. The van der Waals surface area contributed by atoms with Crippen molar-refractivity contribution >= 4 is 0 Å². The lowest BCUT2D eigenvalue weighted by Crippen LogP contribution is -2.24. The molecule has 0 spiro atoms. The normalized spacial score (nSPS) is 18.0. The minimum atomic E-state index is -0.208. The molecule has 2 heteroatoms. The summed E-state index contributed by atoms with van der Waals surface area (Å²) in [5.74, 6) is 0.250. The quantitative estimate of drug-likeness (QED) is 0.560. The van der Waals surface area contributed by atoms with Gasteiger partial charge in [-0.2, -0.15) is 0 Å². The third kappa shape index (κ3) is 2.28. The highest BCUT2D eigenvalue weighted by Gasteiger charge is 2.07. The van der Waals surface area contributed by atoms with Crippen molar-refractivity contribution < 1.29 is 5.11 Å². The second-order valence-corrected chi connectivity index (χ2v) is 2.19. The van der Waals surface area contributed by atoms with Gasteiger partial charge in [0.15, 0.2) is 0 Å². The van der Waals surface area contributed by atoms with Gasteiger partial charge in [-0.15, -0.1) is 0 Å². The maximum atomic E-state index is 9.05. The Balaban J connectivity index is 3.29. The van der Waals surface area contributed by atoms with Crippen LogP contribution in [0.3, 0.4) is 0 Å². The lowest BCUT2D eigenvalue weighted by atomic mass is 10.0. The van der Waals surface area contributed by atoms with Gasteiger partial charge in [0.2, 0.25) is 0 Å². The number of rotatable bonds is 3. The zero-order chi connectivity index (χ0) is 6.57. The molecule has 0 aliphatic carbocycles. The highest BCUT2D eigenvalue weighted by molar-refractivity contribution is 4.61. The average molecular weight is 117 g/mol. The third-order valence-corrected chi connectivity index (χ3v) is 1.45.